The minimum absolute atomic E-state index is 0.385. The molecule has 0 saturated heterocycles. The molecule has 0 radical (unpaired) electrons. The number of fused-ring (bicyclic) bond motifs is 1. The summed E-state index contributed by atoms with van der Waals surface area (Å²) >= 11 is 1.24. The van der Waals surface area contributed by atoms with Gasteiger partial charge in [-0.1, -0.05) is 24.3 Å². The summed E-state index contributed by atoms with van der Waals surface area (Å²) in [6.07, 6.45) is 0. The molecule has 2 aromatic heterocycles. The predicted octanol–water partition coefficient (Wildman–Crippen LogP) is 3.37. The molecule has 0 aliphatic heterocycles. The lowest BCUT2D eigenvalue weighted by Gasteiger charge is -2.01. The van der Waals surface area contributed by atoms with Crippen LogP contribution in [-0.4, -0.2) is 13.4 Å². The molecule has 1 N–H and O–H groups in total. The number of sulfone groups is 1. The maximum Gasteiger partial charge on any atom is 0.218 e. The Hall–Kier alpha value is -1.59. The van der Waals surface area contributed by atoms with Crippen LogP contribution in [0.5, 0.6) is 0 Å². The van der Waals surface area contributed by atoms with E-state index in [9.17, 15) is 8.42 Å². The van der Waals surface area contributed by atoms with Crippen molar-refractivity contribution in [1.82, 2.24) is 4.98 Å². The minimum atomic E-state index is -3.42. The average molecular weight is 277 g/mol. The summed E-state index contributed by atoms with van der Waals surface area (Å²) in [4.78, 5) is 3.51. The van der Waals surface area contributed by atoms with Gasteiger partial charge >= 0.3 is 0 Å². The first-order chi connectivity index (χ1) is 8.60. The molecule has 18 heavy (non-hydrogen) atoms. The molecule has 3 aromatic rings. The fourth-order valence-electron chi connectivity index (χ4n) is 2.11. The summed E-state index contributed by atoms with van der Waals surface area (Å²) in [6.45, 7) is 1.79. The number of rotatable bonds is 2. The van der Waals surface area contributed by atoms with E-state index in [1.807, 2.05) is 24.3 Å². The van der Waals surface area contributed by atoms with Crippen molar-refractivity contribution in [3.05, 3.63) is 47.5 Å². The smallest absolute Gasteiger partial charge is 0.218 e. The molecule has 5 heteroatoms. The van der Waals surface area contributed by atoms with E-state index in [0.717, 1.165) is 10.9 Å². The van der Waals surface area contributed by atoms with E-state index < -0.39 is 9.84 Å². The second-order valence-electron chi connectivity index (χ2n) is 4.06. The van der Waals surface area contributed by atoms with E-state index in [1.54, 1.807) is 24.4 Å². The summed E-state index contributed by atoms with van der Waals surface area (Å²) in [7, 11) is -3.42. The summed E-state index contributed by atoms with van der Waals surface area (Å²) in [6, 6.07) is 10.8. The minimum Gasteiger partial charge on any atom is -0.358 e. The molecule has 1 aromatic carbocycles. The third-order valence-corrected chi connectivity index (χ3v) is 6.20. The Morgan fingerprint density at radius 3 is 2.61 bits per heavy atom. The predicted molar refractivity (Wildman–Crippen MR) is 72.8 cm³/mol. The maximum atomic E-state index is 12.6. The second kappa shape index (κ2) is 3.96. The molecule has 0 aliphatic rings. The quantitative estimate of drug-likeness (QED) is 0.780. The normalized spacial score (nSPS) is 12.1. The van der Waals surface area contributed by atoms with Gasteiger partial charge in [0.25, 0.3) is 0 Å². The van der Waals surface area contributed by atoms with Crippen LogP contribution in [-0.2, 0) is 9.84 Å². The Kier molecular flexibility index (Phi) is 2.53. The number of benzene rings is 1. The number of para-hydroxylation sites is 1. The Balaban J connectivity index is 2.36. The van der Waals surface area contributed by atoms with Crippen LogP contribution >= 0.6 is 11.3 Å². The van der Waals surface area contributed by atoms with Crippen molar-refractivity contribution in [2.24, 2.45) is 0 Å². The Labute approximate surface area is 109 Å². The van der Waals surface area contributed by atoms with E-state index in [1.165, 1.54) is 11.3 Å². The van der Waals surface area contributed by atoms with Gasteiger partial charge in [0, 0.05) is 16.6 Å². The van der Waals surface area contributed by atoms with Gasteiger partial charge in [0.15, 0.2) is 0 Å². The van der Waals surface area contributed by atoms with Crippen LogP contribution in [0.25, 0.3) is 10.9 Å². The molecular formula is C13H11NO2S2. The van der Waals surface area contributed by atoms with Crippen LogP contribution in [0.2, 0.25) is 0 Å². The van der Waals surface area contributed by atoms with Crippen LogP contribution in [0.15, 0.2) is 50.9 Å². The third kappa shape index (κ3) is 1.59. The van der Waals surface area contributed by atoms with Crippen molar-refractivity contribution in [3.8, 4) is 0 Å². The molecule has 3 nitrogen and oxygen atoms in total. The number of aromatic nitrogens is 1. The third-order valence-electron chi connectivity index (χ3n) is 2.86. The monoisotopic (exact) mass is 277 g/mol. The molecule has 0 spiro atoms. The average Bonchev–Trinajstić information content (AvgIpc) is 2.94. The van der Waals surface area contributed by atoms with Gasteiger partial charge in [-0.3, -0.25) is 0 Å². The fourth-order valence-corrected chi connectivity index (χ4v) is 4.87. The molecule has 2 heterocycles. The molecule has 92 valence electrons. The Bertz CT molecular complexity index is 799. The van der Waals surface area contributed by atoms with Crippen LogP contribution in [0, 0.1) is 6.92 Å². The first kappa shape index (κ1) is 11.5. The number of nitrogens with one attached hydrogen (secondary N) is 1. The van der Waals surface area contributed by atoms with E-state index in [-0.39, 0.29) is 0 Å². The molecular weight excluding hydrogens is 266 g/mol. The highest BCUT2D eigenvalue weighted by molar-refractivity contribution is 7.93. The first-order valence-electron chi connectivity index (χ1n) is 5.46. The highest BCUT2D eigenvalue weighted by Crippen LogP contribution is 2.32. The maximum absolute atomic E-state index is 12.6. The second-order valence-corrected chi connectivity index (χ2v) is 7.12. The zero-order valence-electron chi connectivity index (χ0n) is 9.67. The van der Waals surface area contributed by atoms with Crippen molar-refractivity contribution < 1.29 is 8.42 Å². The fraction of sp³-hybridized carbons (Fsp3) is 0.0769. The van der Waals surface area contributed by atoms with Crippen molar-refractivity contribution in [1.29, 1.82) is 0 Å². The van der Waals surface area contributed by atoms with E-state index in [4.69, 9.17) is 0 Å². The zero-order chi connectivity index (χ0) is 12.8. The lowest BCUT2D eigenvalue weighted by Crippen LogP contribution is -2.00. The molecule has 0 aliphatic carbocycles. The van der Waals surface area contributed by atoms with Crippen LogP contribution in [0.1, 0.15) is 5.69 Å². The summed E-state index contributed by atoms with van der Waals surface area (Å²) in [5.41, 5.74) is 1.54. The molecule has 0 saturated carbocycles. The lowest BCUT2D eigenvalue weighted by molar-refractivity contribution is 0.598. The van der Waals surface area contributed by atoms with Gasteiger partial charge in [-0.25, -0.2) is 8.42 Å². The topological polar surface area (TPSA) is 49.9 Å². The van der Waals surface area contributed by atoms with Gasteiger partial charge in [0.1, 0.15) is 9.10 Å². The highest BCUT2D eigenvalue weighted by atomic mass is 32.2. The summed E-state index contributed by atoms with van der Waals surface area (Å²) < 4.78 is 25.5. The Morgan fingerprint density at radius 2 is 1.89 bits per heavy atom. The van der Waals surface area contributed by atoms with Crippen molar-refractivity contribution in [3.63, 3.8) is 0 Å². The number of aryl methyl sites for hydroxylation is 1. The largest absolute Gasteiger partial charge is 0.358 e. The summed E-state index contributed by atoms with van der Waals surface area (Å²) in [5, 5.41) is 2.53. The van der Waals surface area contributed by atoms with Crippen LogP contribution < -0.4 is 0 Å². The van der Waals surface area contributed by atoms with Gasteiger partial charge in [0.05, 0.1) is 0 Å². The van der Waals surface area contributed by atoms with Gasteiger partial charge in [0.2, 0.25) is 9.84 Å². The van der Waals surface area contributed by atoms with E-state index in [0.29, 0.717) is 14.8 Å². The Morgan fingerprint density at radius 1 is 1.11 bits per heavy atom. The van der Waals surface area contributed by atoms with Crippen LogP contribution in [0.4, 0.5) is 0 Å². The molecule has 0 unspecified atom stereocenters. The summed E-state index contributed by atoms with van der Waals surface area (Å²) in [5.74, 6) is 0. The van der Waals surface area contributed by atoms with Gasteiger partial charge in [-0.05, 0) is 24.4 Å². The van der Waals surface area contributed by atoms with Gasteiger partial charge < -0.3 is 4.98 Å². The molecule has 0 bridgehead atoms. The molecule has 3 rings (SSSR count). The van der Waals surface area contributed by atoms with Crippen molar-refractivity contribution >= 4 is 32.1 Å². The van der Waals surface area contributed by atoms with E-state index in [2.05, 4.69) is 4.98 Å². The number of aromatic amines is 1. The molecule has 0 atom stereocenters. The number of hydrogen-bond acceptors (Lipinski definition) is 3. The molecule has 0 fully saturated rings. The number of thiophene rings is 1. The lowest BCUT2D eigenvalue weighted by atomic mass is 10.2. The zero-order valence-corrected chi connectivity index (χ0v) is 11.3. The first-order valence-corrected chi connectivity index (χ1v) is 7.83. The van der Waals surface area contributed by atoms with Crippen LogP contribution in [0.3, 0.4) is 0 Å². The van der Waals surface area contributed by atoms with Gasteiger partial charge in [-0.15, -0.1) is 11.3 Å². The van der Waals surface area contributed by atoms with E-state index >= 15 is 0 Å². The number of H-pyrrole nitrogens is 1. The van der Waals surface area contributed by atoms with Crippen molar-refractivity contribution in [2.75, 3.05) is 0 Å². The van der Waals surface area contributed by atoms with Crippen molar-refractivity contribution in [2.45, 2.75) is 16.0 Å². The molecule has 0 amide bonds. The standard InChI is InChI=1S/C13H11NO2S2/c1-9-13(10-5-2-3-6-11(10)14-9)18(15,16)12-7-4-8-17-12/h2-8,14H,1H3. The highest BCUT2D eigenvalue weighted by Gasteiger charge is 2.25. The SMILES string of the molecule is Cc1[nH]c2ccccc2c1S(=O)(=O)c1cccs1. The number of hydrogen-bond donors (Lipinski definition) is 1. The van der Waals surface area contributed by atoms with Gasteiger partial charge in [-0.2, -0.15) is 0 Å².